The molecule has 2 rings (SSSR count). The van der Waals surface area contributed by atoms with Crippen molar-refractivity contribution in [2.75, 3.05) is 0 Å². The van der Waals surface area contributed by atoms with E-state index in [0.29, 0.717) is 0 Å². The normalized spacial score (nSPS) is 10.8. The van der Waals surface area contributed by atoms with Crippen molar-refractivity contribution in [3.05, 3.63) is 51.4 Å². The van der Waals surface area contributed by atoms with Gasteiger partial charge >= 0.3 is 0 Å². The molecule has 16 heavy (non-hydrogen) atoms. The van der Waals surface area contributed by atoms with Gasteiger partial charge in [0.25, 0.3) is 5.56 Å². The quantitative estimate of drug-likeness (QED) is 0.717. The molecule has 0 aliphatic heterocycles. The van der Waals surface area contributed by atoms with Gasteiger partial charge in [0.1, 0.15) is 0 Å². The molecular weight excluding hydrogens is 200 g/mol. The van der Waals surface area contributed by atoms with Crippen molar-refractivity contribution in [2.45, 2.75) is 20.8 Å². The van der Waals surface area contributed by atoms with Gasteiger partial charge in [-0.3, -0.25) is 9.48 Å². The highest BCUT2D eigenvalue weighted by molar-refractivity contribution is 5.35. The average Bonchev–Trinajstić information content (AvgIpc) is 2.46. The smallest absolute Gasteiger partial charge is 0.274 e. The van der Waals surface area contributed by atoms with E-state index in [9.17, 15) is 4.79 Å². The first-order valence-corrected chi connectivity index (χ1v) is 5.34. The van der Waals surface area contributed by atoms with E-state index < -0.39 is 0 Å². The van der Waals surface area contributed by atoms with Crippen molar-refractivity contribution >= 4 is 0 Å². The van der Waals surface area contributed by atoms with Gasteiger partial charge < -0.3 is 0 Å². The van der Waals surface area contributed by atoms with E-state index in [-0.39, 0.29) is 5.56 Å². The van der Waals surface area contributed by atoms with Crippen LogP contribution in [0.1, 0.15) is 16.8 Å². The summed E-state index contributed by atoms with van der Waals surface area (Å²) in [4.78, 5) is 12.0. The first kappa shape index (κ1) is 10.7. The van der Waals surface area contributed by atoms with Crippen molar-refractivity contribution in [3.63, 3.8) is 0 Å². The maximum Gasteiger partial charge on any atom is 0.274 e. The highest BCUT2D eigenvalue weighted by Crippen LogP contribution is 2.10. The van der Waals surface area contributed by atoms with E-state index in [0.717, 1.165) is 16.9 Å². The summed E-state index contributed by atoms with van der Waals surface area (Å²) < 4.78 is 3.59. The second-order valence-corrected chi connectivity index (χ2v) is 4.19. The number of aromatic nitrogens is 2. The lowest BCUT2D eigenvalue weighted by molar-refractivity contribution is 0.630. The minimum Gasteiger partial charge on any atom is -0.285 e. The summed E-state index contributed by atoms with van der Waals surface area (Å²) in [6.45, 7) is 5.86. The van der Waals surface area contributed by atoms with Crippen LogP contribution < -0.4 is 5.56 Å². The Morgan fingerprint density at radius 2 is 1.56 bits per heavy atom. The zero-order valence-electron chi connectivity index (χ0n) is 10.1. The van der Waals surface area contributed by atoms with Crippen LogP contribution in [0.5, 0.6) is 0 Å². The number of hydrogen-bond donors (Lipinski definition) is 0. The molecule has 1 heterocycles. The maximum absolute atomic E-state index is 12.0. The van der Waals surface area contributed by atoms with E-state index in [1.54, 1.807) is 4.68 Å². The van der Waals surface area contributed by atoms with Crippen LogP contribution in [0.3, 0.4) is 0 Å². The minimum atomic E-state index is 0.0591. The van der Waals surface area contributed by atoms with Crippen LogP contribution in [0, 0.1) is 20.8 Å². The van der Waals surface area contributed by atoms with Crippen molar-refractivity contribution in [2.24, 2.45) is 7.05 Å². The number of hydrogen-bond acceptors (Lipinski definition) is 1. The van der Waals surface area contributed by atoms with Crippen LogP contribution in [0.2, 0.25) is 0 Å². The molecule has 3 nitrogen and oxygen atoms in total. The predicted octanol–water partition coefficient (Wildman–Crippen LogP) is 2.10. The molecule has 1 aromatic heterocycles. The van der Waals surface area contributed by atoms with Gasteiger partial charge in [-0.25, -0.2) is 4.68 Å². The molecule has 0 N–H and O–H groups in total. The van der Waals surface area contributed by atoms with E-state index in [2.05, 4.69) is 0 Å². The van der Waals surface area contributed by atoms with Crippen LogP contribution in [-0.2, 0) is 7.05 Å². The number of nitrogens with zero attached hydrogens (tertiary/aromatic N) is 2. The minimum absolute atomic E-state index is 0.0591. The Hall–Kier alpha value is -1.77. The first-order valence-electron chi connectivity index (χ1n) is 5.34. The van der Waals surface area contributed by atoms with Crippen molar-refractivity contribution in [1.82, 2.24) is 9.36 Å². The molecule has 0 saturated carbocycles. The third-order valence-electron chi connectivity index (χ3n) is 3.12. The van der Waals surface area contributed by atoms with Gasteiger partial charge in [0, 0.05) is 18.3 Å². The van der Waals surface area contributed by atoms with Crippen LogP contribution >= 0.6 is 0 Å². The molecule has 0 unspecified atom stereocenters. The van der Waals surface area contributed by atoms with Crippen molar-refractivity contribution < 1.29 is 0 Å². The molecule has 0 fully saturated rings. The van der Waals surface area contributed by atoms with E-state index in [1.165, 1.54) is 5.56 Å². The molecule has 84 valence electrons. The summed E-state index contributed by atoms with van der Waals surface area (Å²) in [5.74, 6) is 0. The highest BCUT2D eigenvalue weighted by Gasteiger charge is 2.11. The fraction of sp³-hybridized carbons (Fsp3) is 0.308. The van der Waals surface area contributed by atoms with Crippen LogP contribution in [0.4, 0.5) is 0 Å². The maximum atomic E-state index is 12.0. The van der Waals surface area contributed by atoms with Gasteiger partial charge in [0.05, 0.1) is 5.69 Å². The summed E-state index contributed by atoms with van der Waals surface area (Å²) in [6.07, 6.45) is 0. The fourth-order valence-corrected chi connectivity index (χ4v) is 1.82. The molecule has 0 saturated heterocycles. The van der Waals surface area contributed by atoms with Crippen molar-refractivity contribution in [1.29, 1.82) is 0 Å². The Bertz CT molecular complexity index is 573. The number of benzene rings is 1. The van der Waals surface area contributed by atoms with Gasteiger partial charge in [-0.15, -0.1) is 0 Å². The van der Waals surface area contributed by atoms with Gasteiger partial charge in [0.2, 0.25) is 0 Å². The first-order chi connectivity index (χ1) is 7.52. The summed E-state index contributed by atoms with van der Waals surface area (Å²) in [5.41, 5.74) is 3.98. The molecular formula is C13H16N2O. The highest BCUT2D eigenvalue weighted by atomic mass is 16.1. The average molecular weight is 216 g/mol. The molecule has 3 heteroatoms. The molecule has 0 amide bonds. The molecule has 0 atom stereocenters. The Labute approximate surface area is 94.9 Å². The molecule has 0 aliphatic rings. The Morgan fingerprint density at radius 3 is 2.00 bits per heavy atom. The second kappa shape index (κ2) is 3.67. The zero-order valence-corrected chi connectivity index (χ0v) is 10.1. The van der Waals surface area contributed by atoms with Crippen molar-refractivity contribution in [3.8, 4) is 5.69 Å². The van der Waals surface area contributed by atoms with E-state index in [4.69, 9.17) is 0 Å². The van der Waals surface area contributed by atoms with Gasteiger partial charge in [0.15, 0.2) is 0 Å². The monoisotopic (exact) mass is 216 g/mol. The van der Waals surface area contributed by atoms with Crippen LogP contribution in [0.25, 0.3) is 5.69 Å². The Kier molecular flexibility index (Phi) is 2.46. The lowest BCUT2D eigenvalue weighted by atomic mass is 10.2. The molecule has 1 aromatic carbocycles. The van der Waals surface area contributed by atoms with E-state index >= 15 is 0 Å². The topological polar surface area (TPSA) is 26.9 Å². The lowest BCUT2D eigenvalue weighted by Gasteiger charge is -2.08. The summed E-state index contributed by atoms with van der Waals surface area (Å²) >= 11 is 0. The SMILES string of the molecule is Cc1ccc(-n2c(=O)c(C)c(C)n2C)cc1. The third-order valence-corrected chi connectivity index (χ3v) is 3.12. The van der Waals surface area contributed by atoms with Crippen LogP contribution in [-0.4, -0.2) is 9.36 Å². The van der Waals surface area contributed by atoms with E-state index in [1.807, 2.05) is 56.8 Å². The Balaban J connectivity index is 2.70. The number of aryl methyl sites for hydroxylation is 1. The second-order valence-electron chi connectivity index (χ2n) is 4.19. The predicted molar refractivity (Wildman–Crippen MR) is 65.2 cm³/mol. The van der Waals surface area contributed by atoms with Gasteiger partial charge in [-0.1, -0.05) is 17.7 Å². The standard InChI is InChI=1S/C13H16N2O/c1-9-5-7-12(8-6-9)15-13(16)10(2)11(3)14(15)4/h5-8H,1-4H3. The molecule has 0 radical (unpaired) electrons. The van der Waals surface area contributed by atoms with Gasteiger partial charge in [-0.2, -0.15) is 0 Å². The summed E-state index contributed by atoms with van der Waals surface area (Å²) in [7, 11) is 1.91. The fourth-order valence-electron chi connectivity index (χ4n) is 1.82. The molecule has 0 aliphatic carbocycles. The largest absolute Gasteiger partial charge is 0.285 e. The lowest BCUT2D eigenvalue weighted by Crippen LogP contribution is -2.20. The summed E-state index contributed by atoms with van der Waals surface area (Å²) in [6, 6.07) is 7.96. The molecule has 0 spiro atoms. The molecule has 2 aromatic rings. The number of rotatable bonds is 1. The van der Waals surface area contributed by atoms with Gasteiger partial charge in [-0.05, 0) is 32.9 Å². The van der Waals surface area contributed by atoms with Crippen LogP contribution in [0.15, 0.2) is 29.1 Å². The zero-order chi connectivity index (χ0) is 11.9. The third kappa shape index (κ3) is 1.48. The Morgan fingerprint density at radius 1 is 1.00 bits per heavy atom. The molecule has 0 bridgehead atoms. The summed E-state index contributed by atoms with van der Waals surface area (Å²) in [5, 5.41) is 0.